The molecule has 0 aromatic heterocycles. The predicted octanol–water partition coefficient (Wildman–Crippen LogP) is 4.02. The molecule has 2 heterocycles. The van der Waals surface area contributed by atoms with Crippen LogP contribution in [0, 0.1) is 11.8 Å². The van der Waals surface area contributed by atoms with Crippen molar-refractivity contribution in [3.8, 4) is 5.75 Å². The maximum atomic E-state index is 12.5. The van der Waals surface area contributed by atoms with Gasteiger partial charge in [0.05, 0.1) is 0 Å². The molecule has 2 unspecified atom stereocenters. The van der Waals surface area contributed by atoms with Gasteiger partial charge in [0.15, 0.2) is 0 Å². The van der Waals surface area contributed by atoms with Crippen molar-refractivity contribution >= 4 is 0 Å². The maximum absolute atomic E-state index is 12.5. The van der Waals surface area contributed by atoms with Crippen molar-refractivity contribution in [1.29, 1.82) is 0 Å². The molecule has 1 aromatic carbocycles. The van der Waals surface area contributed by atoms with Crippen LogP contribution in [-0.4, -0.2) is 37.1 Å². The minimum absolute atomic E-state index is 0.270. The van der Waals surface area contributed by atoms with Gasteiger partial charge in [-0.1, -0.05) is 12.5 Å². The van der Waals surface area contributed by atoms with E-state index in [1.54, 1.807) is 0 Å². The van der Waals surface area contributed by atoms with E-state index >= 15 is 0 Å². The van der Waals surface area contributed by atoms with Crippen molar-refractivity contribution in [2.75, 3.05) is 13.7 Å². The number of fused-ring (bicyclic) bond motifs is 3. The normalized spacial score (nSPS) is 39.8. The van der Waals surface area contributed by atoms with Crippen LogP contribution in [0.25, 0.3) is 0 Å². The highest BCUT2D eigenvalue weighted by Gasteiger charge is 2.61. The lowest BCUT2D eigenvalue weighted by Crippen LogP contribution is -2.67. The molecule has 4 heteroatoms. The summed E-state index contributed by atoms with van der Waals surface area (Å²) in [4.78, 5) is 2.67. The number of hydrogen-bond acceptors (Lipinski definition) is 2. The van der Waals surface area contributed by atoms with E-state index in [2.05, 4.69) is 24.1 Å². The van der Waals surface area contributed by atoms with Crippen molar-refractivity contribution in [3.05, 3.63) is 29.3 Å². The van der Waals surface area contributed by atoms with Gasteiger partial charge in [-0.15, -0.1) is 0 Å². The van der Waals surface area contributed by atoms with E-state index in [9.17, 15) is 8.78 Å². The lowest BCUT2D eigenvalue weighted by Gasteiger charge is -2.64. The first-order valence-electron chi connectivity index (χ1n) is 9.35. The third-order valence-corrected chi connectivity index (χ3v) is 7.52. The number of ether oxygens (including phenoxy) is 1. The van der Waals surface area contributed by atoms with Gasteiger partial charge in [-0.25, -0.2) is 8.78 Å². The monoisotopic (exact) mass is 333 g/mol. The molecule has 5 fully saturated rings. The molecule has 0 amide bonds. The molecule has 5 atom stereocenters. The second-order valence-corrected chi connectivity index (χ2v) is 8.38. The highest BCUT2D eigenvalue weighted by Crippen LogP contribution is 2.62. The van der Waals surface area contributed by atoms with Crippen molar-refractivity contribution < 1.29 is 13.5 Å². The second kappa shape index (κ2) is 5.17. The Hall–Kier alpha value is -1.16. The van der Waals surface area contributed by atoms with Gasteiger partial charge >= 0.3 is 0 Å². The fraction of sp³-hybridized carbons (Fsp3) is 0.700. The van der Waals surface area contributed by atoms with E-state index in [0.29, 0.717) is 17.8 Å². The summed E-state index contributed by atoms with van der Waals surface area (Å²) in [5.41, 5.74) is 3.12. The van der Waals surface area contributed by atoms with Gasteiger partial charge in [-0.3, -0.25) is 4.90 Å². The lowest BCUT2D eigenvalue weighted by atomic mass is 9.50. The van der Waals surface area contributed by atoms with Crippen LogP contribution >= 0.6 is 0 Å². The minimum atomic E-state index is -2.42. The second-order valence-electron chi connectivity index (χ2n) is 8.38. The van der Waals surface area contributed by atoms with Crippen LogP contribution in [0.5, 0.6) is 5.75 Å². The van der Waals surface area contributed by atoms with Gasteiger partial charge in [-0.2, -0.15) is 0 Å². The Morgan fingerprint density at radius 3 is 3.04 bits per heavy atom. The van der Waals surface area contributed by atoms with E-state index in [0.717, 1.165) is 18.3 Å². The number of piperidine rings is 2. The van der Waals surface area contributed by atoms with E-state index < -0.39 is 13.0 Å². The van der Waals surface area contributed by atoms with Crippen LogP contribution in [0.3, 0.4) is 0 Å². The molecular formula is C20H25F2NO. The SMILES string of the molecule is CN1C2C[C@@]34CCCC2C[C@@H]3[C@@H]1Cc1ccc(OCC(F)F)cc14. The van der Waals surface area contributed by atoms with Crippen molar-refractivity contribution in [3.63, 3.8) is 0 Å². The van der Waals surface area contributed by atoms with Crippen LogP contribution in [0.15, 0.2) is 18.2 Å². The molecule has 4 aliphatic carbocycles. The summed E-state index contributed by atoms with van der Waals surface area (Å²) in [5.74, 6) is 2.22. The van der Waals surface area contributed by atoms with E-state index in [-0.39, 0.29) is 5.41 Å². The van der Waals surface area contributed by atoms with E-state index in [4.69, 9.17) is 4.74 Å². The highest BCUT2D eigenvalue weighted by molar-refractivity contribution is 5.46. The number of likely N-dealkylation sites (N-methyl/N-ethyl adjacent to an activating group) is 1. The van der Waals surface area contributed by atoms with E-state index in [1.165, 1.54) is 43.2 Å². The third kappa shape index (κ3) is 1.95. The number of alkyl halides is 2. The molecule has 2 saturated heterocycles. The Balaban J connectivity index is 1.58. The minimum Gasteiger partial charge on any atom is -0.488 e. The number of rotatable bonds is 3. The molecule has 1 spiro atoms. The molecule has 6 aliphatic rings. The summed E-state index contributed by atoms with van der Waals surface area (Å²) in [6, 6.07) is 7.50. The van der Waals surface area contributed by atoms with Crippen LogP contribution in [-0.2, 0) is 11.8 Å². The average molecular weight is 333 g/mol. The Morgan fingerprint density at radius 1 is 1.33 bits per heavy atom. The zero-order chi connectivity index (χ0) is 16.5. The predicted molar refractivity (Wildman–Crippen MR) is 88.7 cm³/mol. The fourth-order valence-corrected chi connectivity index (χ4v) is 6.61. The Labute approximate surface area is 142 Å². The summed E-state index contributed by atoms with van der Waals surface area (Å²) in [6.45, 7) is -0.509. The standard InChI is InChI=1S/C20H25F2NO/c1-23-17-8-12-4-5-14(24-11-19(21)22)9-15(12)20-6-2-3-13(7-16(17)20)18(23)10-20/h4-5,9,13,16-19H,2-3,6-8,10-11H2,1H3/t13?,16-,17+,18?,20-/m1/s1. The summed E-state index contributed by atoms with van der Waals surface area (Å²) in [7, 11) is 2.33. The summed E-state index contributed by atoms with van der Waals surface area (Å²) >= 11 is 0. The molecule has 0 N–H and O–H groups in total. The molecule has 7 rings (SSSR count). The lowest BCUT2D eigenvalue weighted by molar-refractivity contribution is -0.0836. The number of halogens is 2. The first-order chi connectivity index (χ1) is 11.6. The van der Waals surface area contributed by atoms with Crippen LogP contribution in [0.4, 0.5) is 8.78 Å². The third-order valence-electron chi connectivity index (χ3n) is 7.52. The molecule has 1 aromatic rings. The fourth-order valence-electron chi connectivity index (χ4n) is 6.61. The average Bonchev–Trinajstić information content (AvgIpc) is 2.87. The maximum Gasteiger partial charge on any atom is 0.272 e. The van der Waals surface area contributed by atoms with Gasteiger partial charge in [0.25, 0.3) is 6.43 Å². The summed E-state index contributed by atoms with van der Waals surface area (Å²) in [5, 5.41) is 0. The zero-order valence-electron chi connectivity index (χ0n) is 14.2. The summed E-state index contributed by atoms with van der Waals surface area (Å²) < 4.78 is 30.3. The van der Waals surface area contributed by atoms with Gasteiger partial charge in [0, 0.05) is 17.5 Å². The van der Waals surface area contributed by atoms with Crippen molar-refractivity contribution in [1.82, 2.24) is 4.90 Å². The molecule has 2 aliphatic heterocycles. The Bertz CT molecular complexity index is 663. The zero-order valence-corrected chi connectivity index (χ0v) is 14.2. The number of benzene rings is 1. The van der Waals surface area contributed by atoms with Crippen LogP contribution in [0.1, 0.15) is 43.2 Å². The first-order valence-corrected chi connectivity index (χ1v) is 9.35. The van der Waals surface area contributed by atoms with Gasteiger partial charge in [-0.05, 0) is 74.2 Å². The molecule has 2 nitrogen and oxygen atoms in total. The quantitative estimate of drug-likeness (QED) is 0.828. The Kier molecular flexibility index (Phi) is 3.26. The summed E-state index contributed by atoms with van der Waals surface area (Å²) in [6.07, 6.45) is 5.23. The molecule has 5 bridgehead atoms. The number of hydrogen-bond donors (Lipinski definition) is 0. The molecule has 130 valence electrons. The van der Waals surface area contributed by atoms with Gasteiger partial charge in [0.2, 0.25) is 0 Å². The van der Waals surface area contributed by atoms with Gasteiger partial charge < -0.3 is 4.74 Å². The number of nitrogens with zero attached hydrogens (tertiary/aromatic N) is 1. The largest absolute Gasteiger partial charge is 0.488 e. The molecule has 3 saturated carbocycles. The molecular weight excluding hydrogens is 308 g/mol. The highest BCUT2D eigenvalue weighted by atomic mass is 19.3. The molecule has 0 radical (unpaired) electrons. The van der Waals surface area contributed by atoms with Crippen molar-refractivity contribution in [2.24, 2.45) is 11.8 Å². The van der Waals surface area contributed by atoms with Crippen LogP contribution < -0.4 is 4.74 Å². The smallest absolute Gasteiger partial charge is 0.272 e. The van der Waals surface area contributed by atoms with Gasteiger partial charge in [0.1, 0.15) is 12.4 Å². The van der Waals surface area contributed by atoms with Crippen molar-refractivity contribution in [2.45, 2.75) is 62.4 Å². The van der Waals surface area contributed by atoms with Crippen LogP contribution in [0.2, 0.25) is 0 Å². The van der Waals surface area contributed by atoms with E-state index in [1.807, 2.05) is 6.07 Å². The first kappa shape index (κ1) is 15.1. The Morgan fingerprint density at radius 2 is 2.21 bits per heavy atom. The molecule has 24 heavy (non-hydrogen) atoms. The topological polar surface area (TPSA) is 12.5 Å².